The first kappa shape index (κ1) is 23.9. The summed E-state index contributed by atoms with van der Waals surface area (Å²) in [6, 6.07) is 17.4. The third-order valence-electron chi connectivity index (χ3n) is 6.96. The molecule has 2 aromatic carbocycles. The molecule has 1 aromatic heterocycles. The Labute approximate surface area is 211 Å². The van der Waals surface area contributed by atoms with Crippen molar-refractivity contribution in [3.63, 3.8) is 0 Å². The zero-order valence-electron chi connectivity index (χ0n) is 20.6. The van der Waals surface area contributed by atoms with Crippen molar-refractivity contribution >= 4 is 28.9 Å². The third kappa shape index (κ3) is 5.39. The van der Waals surface area contributed by atoms with Crippen LogP contribution in [0.3, 0.4) is 0 Å². The molecule has 0 radical (unpaired) electrons. The molecule has 0 bridgehead atoms. The maximum atomic E-state index is 13.0. The van der Waals surface area contributed by atoms with Crippen LogP contribution in [0.2, 0.25) is 0 Å². The van der Waals surface area contributed by atoms with Crippen LogP contribution >= 0.6 is 0 Å². The summed E-state index contributed by atoms with van der Waals surface area (Å²) < 4.78 is 5.29. The van der Waals surface area contributed by atoms with Gasteiger partial charge < -0.3 is 30.2 Å². The Morgan fingerprint density at radius 3 is 2.42 bits per heavy atom. The van der Waals surface area contributed by atoms with E-state index in [1.165, 1.54) is 17.5 Å². The van der Waals surface area contributed by atoms with Crippen LogP contribution in [0.1, 0.15) is 39.3 Å². The van der Waals surface area contributed by atoms with Crippen LogP contribution < -0.4 is 25.8 Å². The van der Waals surface area contributed by atoms with Crippen molar-refractivity contribution in [2.24, 2.45) is 0 Å². The van der Waals surface area contributed by atoms with Crippen molar-refractivity contribution in [1.29, 1.82) is 0 Å². The van der Waals surface area contributed by atoms with Crippen molar-refractivity contribution in [2.45, 2.75) is 25.8 Å². The van der Waals surface area contributed by atoms with E-state index >= 15 is 0 Å². The quantitative estimate of drug-likeness (QED) is 0.492. The standard InChI is InChI=1S/C28H33N5O3/c1-20-6-2-3-8-24(20)32-13-15-33(16-14-32)25-11-10-21(27(34)30-22-7-4-12-29-19-22)18-23(25)31-28(35)26-9-5-17-36-26/h2-3,5-6,8-11,17-18,22,29H,4,7,12-16,19H2,1H3,(H,30,34)(H,31,35)/t22-/m1/s1. The molecule has 3 aromatic rings. The SMILES string of the molecule is Cc1ccccc1N1CCN(c2ccc(C(=O)N[C@@H]3CCCNC3)cc2NC(=O)c2ccco2)CC1. The lowest BCUT2D eigenvalue weighted by Crippen LogP contribution is -2.47. The molecule has 8 heteroatoms. The first-order chi connectivity index (χ1) is 17.6. The Morgan fingerprint density at radius 2 is 1.72 bits per heavy atom. The highest BCUT2D eigenvalue weighted by Gasteiger charge is 2.23. The number of anilines is 3. The molecule has 5 rings (SSSR count). The smallest absolute Gasteiger partial charge is 0.291 e. The third-order valence-corrected chi connectivity index (χ3v) is 6.96. The highest BCUT2D eigenvalue weighted by atomic mass is 16.3. The van der Waals surface area contributed by atoms with E-state index in [1.807, 2.05) is 12.1 Å². The molecular formula is C28H33N5O3. The number of nitrogens with zero attached hydrogens (tertiary/aromatic N) is 2. The Bertz CT molecular complexity index is 1200. The fourth-order valence-electron chi connectivity index (χ4n) is 5.00. The molecule has 2 aliphatic rings. The topological polar surface area (TPSA) is 89.9 Å². The van der Waals surface area contributed by atoms with Crippen LogP contribution in [0.5, 0.6) is 0 Å². The minimum Gasteiger partial charge on any atom is -0.459 e. The molecule has 0 spiro atoms. The predicted octanol–water partition coefficient (Wildman–Crippen LogP) is 3.65. The van der Waals surface area contributed by atoms with Gasteiger partial charge in [-0.25, -0.2) is 0 Å². The summed E-state index contributed by atoms with van der Waals surface area (Å²) in [7, 11) is 0. The molecule has 2 saturated heterocycles. The van der Waals surface area contributed by atoms with E-state index in [2.05, 4.69) is 56.9 Å². The van der Waals surface area contributed by atoms with Gasteiger partial charge in [-0.1, -0.05) is 18.2 Å². The summed E-state index contributed by atoms with van der Waals surface area (Å²) in [5.41, 5.74) is 4.55. The van der Waals surface area contributed by atoms with E-state index in [4.69, 9.17) is 4.42 Å². The highest BCUT2D eigenvalue weighted by Crippen LogP contribution is 2.30. The zero-order chi connectivity index (χ0) is 24.9. The van der Waals surface area contributed by atoms with Crippen molar-refractivity contribution < 1.29 is 14.0 Å². The van der Waals surface area contributed by atoms with Gasteiger partial charge in [0, 0.05) is 50.0 Å². The second-order valence-corrected chi connectivity index (χ2v) is 9.44. The van der Waals surface area contributed by atoms with Gasteiger partial charge in [0.1, 0.15) is 0 Å². The van der Waals surface area contributed by atoms with Crippen LogP contribution in [0, 0.1) is 6.92 Å². The fraction of sp³-hybridized carbons (Fsp3) is 0.357. The first-order valence-electron chi connectivity index (χ1n) is 12.6. The van der Waals surface area contributed by atoms with Gasteiger partial charge in [-0.15, -0.1) is 0 Å². The van der Waals surface area contributed by atoms with Gasteiger partial charge in [0.15, 0.2) is 5.76 Å². The van der Waals surface area contributed by atoms with E-state index in [0.29, 0.717) is 11.3 Å². The lowest BCUT2D eigenvalue weighted by Gasteiger charge is -2.38. The molecule has 0 unspecified atom stereocenters. The number of benzene rings is 2. The first-order valence-corrected chi connectivity index (χ1v) is 12.6. The van der Waals surface area contributed by atoms with Crippen LogP contribution in [0.15, 0.2) is 65.3 Å². The Hall–Kier alpha value is -3.78. The molecule has 0 saturated carbocycles. The number of rotatable bonds is 6. The molecule has 2 fully saturated rings. The number of furan rings is 1. The average Bonchev–Trinajstić information content (AvgIpc) is 3.45. The molecule has 36 heavy (non-hydrogen) atoms. The number of carbonyl (C=O) groups is 2. The molecule has 3 N–H and O–H groups in total. The summed E-state index contributed by atoms with van der Waals surface area (Å²) in [4.78, 5) is 30.5. The van der Waals surface area contributed by atoms with E-state index in [1.54, 1.807) is 18.2 Å². The summed E-state index contributed by atoms with van der Waals surface area (Å²) in [5.74, 6) is -0.240. The van der Waals surface area contributed by atoms with Crippen molar-refractivity contribution in [1.82, 2.24) is 10.6 Å². The minimum absolute atomic E-state index is 0.113. The molecular weight excluding hydrogens is 454 g/mol. The Morgan fingerprint density at radius 1 is 0.944 bits per heavy atom. The second-order valence-electron chi connectivity index (χ2n) is 9.44. The van der Waals surface area contributed by atoms with Crippen molar-refractivity contribution in [3.05, 3.63) is 77.7 Å². The number of amides is 2. The molecule has 1 atom stereocenters. The van der Waals surface area contributed by atoms with E-state index in [-0.39, 0.29) is 23.6 Å². The number of piperidine rings is 1. The summed E-state index contributed by atoms with van der Waals surface area (Å²) in [5, 5.41) is 9.42. The molecule has 188 valence electrons. The van der Waals surface area contributed by atoms with Crippen molar-refractivity contribution in [2.75, 3.05) is 54.4 Å². The predicted molar refractivity (Wildman–Crippen MR) is 142 cm³/mol. The van der Waals surface area contributed by atoms with Crippen LogP contribution in [0.25, 0.3) is 0 Å². The average molecular weight is 488 g/mol. The monoisotopic (exact) mass is 487 g/mol. The lowest BCUT2D eigenvalue weighted by atomic mass is 10.1. The normalized spacial score (nSPS) is 18.1. The van der Waals surface area contributed by atoms with Gasteiger partial charge in [0.05, 0.1) is 17.6 Å². The fourth-order valence-corrected chi connectivity index (χ4v) is 5.00. The maximum Gasteiger partial charge on any atom is 0.291 e. The van der Waals surface area contributed by atoms with Crippen LogP contribution in [0.4, 0.5) is 17.1 Å². The molecule has 2 amide bonds. The van der Waals surface area contributed by atoms with Crippen LogP contribution in [-0.2, 0) is 0 Å². The minimum atomic E-state index is -0.339. The molecule has 3 heterocycles. The highest BCUT2D eigenvalue weighted by molar-refractivity contribution is 6.05. The number of carbonyl (C=O) groups excluding carboxylic acids is 2. The zero-order valence-corrected chi connectivity index (χ0v) is 20.6. The largest absolute Gasteiger partial charge is 0.459 e. The lowest BCUT2D eigenvalue weighted by molar-refractivity contribution is 0.0929. The second kappa shape index (κ2) is 10.9. The molecule has 8 nitrogen and oxygen atoms in total. The van der Waals surface area contributed by atoms with Crippen molar-refractivity contribution in [3.8, 4) is 0 Å². The summed E-state index contributed by atoms with van der Waals surface area (Å²) >= 11 is 0. The number of nitrogens with one attached hydrogen (secondary N) is 3. The van der Waals surface area contributed by atoms with E-state index in [0.717, 1.165) is 57.8 Å². The Kier molecular flexibility index (Phi) is 7.23. The van der Waals surface area contributed by atoms with E-state index in [9.17, 15) is 9.59 Å². The van der Waals surface area contributed by atoms with E-state index < -0.39 is 0 Å². The number of aryl methyl sites for hydroxylation is 1. The van der Waals surface area contributed by atoms with Gasteiger partial charge in [0.25, 0.3) is 11.8 Å². The molecule has 0 aliphatic carbocycles. The molecule has 2 aliphatic heterocycles. The van der Waals surface area contributed by atoms with Gasteiger partial charge in [-0.3, -0.25) is 9.59 Å². The van der Waals surface area contributed by atoms with Gasteiger partial charge >= 0.3 is 0 Å². The number of hydrogen-bond donors (Lipinski definition) is 3. The summed E-state index contributed by atoms with van der Waals surface area (Å²) in [6.07, 6.45) is 3.48. The number of piperazine rings is 1. The van der Waals surface area contributed by atoms with Gasteiger partial charge in [-0.05, 0) is 68.3 Å². The summed E-state index contributed by atoms with van der Waals surface area (Å²) in [6.45, 7) is 7.24. The number of para-hydroxylation sites is 1. The van der Waals surface area contributed by atoms with Gasteiger partial charge in [-0.2, -0.15) is 0 Å². The Balaban J connectivity index is 1.35. The maximum absolute atomic E-state index is 13.0. The van der Waals surface area contributed by atoms with Crippen LogP contribution in [-0.4, -0.2) is 57.1 Å². The number of hydrogen-bond acceptors (Lipinski definition) is 6. The van der Waals surface area contributed by atoms with Gasteiger partial charge in [0.2, 0.25) is 0 Å².